The van der Waals surface area contributed by atoms with Crippen molar-refractivity contribution in [3.8, 4) is 11.5 Å². The van der Waals surface area contributed by atoms with Crippen LogP contribution in [-0.2, 0) is 10.3 Å². The van der Waals surface area contributed by atoms with E-state index in [1.54, 1.807) is 0 Å². The second-order valence-corrected chi connectivity index (χ2v) is 5.95. The molecule has 1 aliphatic carbocycles. The average molecular weight is 271 g/mol. The highest BCUT2D eigenvalue weighted by molar-refractivity contribution is 5.81. The van der Waals surface area contributed by atoms with Gasteiger partial charge in [-0.2, -0.15) is 0 Å². The average Bonchev–Trinajstić information content (AvgIpc) is 3.00. The maximum absolute atomic E-state index is 11.9. The highest BCUT2D eigenvalue weighted by atomic mass is 16.7. The van der Waals surface area contributed by atoms with E-state index in [9.17, 15) is 4.79 Å². The molecule has 0 radical (unpaired) electrons. The number of carbonyl (C=O) groups is 1. The Morgan fingerprint density at radius 3 is 3.05 bits per heavy atom. The zero-order valence-corrected chi connectivity index (χ0v) is 11.3. The van der Waals surface area contributed by atoms with E-state index in [0.29, 0.717) is 12.3 Å². The third-order valence-corrected chi connectivity index (χ3v) is 4.75. The number of amides is 1. The molecule has 1 amide bonds. The van der Waals surface area contributed by atoms with Crippen LogP contribution < -0.4 is 14.8 Å². The topological polar surface area (TPSA) is 47.6 Å². The number of hydrogen-bond acceptors (Lipinski definition) is 3. The summed E-state index contributed by atoms with van der Waals surface area (Å²) in [6, 6.07) is 6.00. The van der Waals surface area contributed by atoms with Crippen molar-refractivity contribution < 1.29 is 14.3 Å². The minimum atomic E-state index is -0.298. The van der Waals surface area contributed by atoms with E-state index in [0.717, 1.165) is 36.3 Å². The molecule has 20 heavy (non-hydrogen) atoms. The Bertz CT molecular complexity index is 608. The van der Waals surface area contributed by atoms with Crippen molar-refractivity contribution >= 4 is 5.91 Å². The lowest BCUT2D eigenvalue weighted by Crippen LogP contribution is -2.45. The third-order valence-electron chi connectivity index (χ3n) is 4.75. The SMILES string of the molecule is C=C1CC[C@@H]2CC(=O)N[C@]2(c2ccc3c(c2)OCO3)C1. The number of fused-ring (bicyclic) bond motifs is 2. The molecule has 2 atom stereocenters. The van der Waals surface area contributed by atoms with E-state index in [1.807, 2.05) is 18.2 Å². The largest absolute Gasteiger partial charge is 0.454 e. The van der Waals surface area contributed by atoms with Crippen LogP contribution in [0.4, 0.5) is 0 Å². The van der Waals surface area contributed by atoms with Gasteiger partial charge in [0, 0.05) is 6.42 Å². The summed E-state index contributed by atoms with van der Waals surface area (Å²) in [6.07, 6.45) is 3.47. The first-order valence-electron chi connectivity index (χ1n) is 7.05. The second-order valence-electron chi connectivity index (χ2n) is 5.95. The summed E-state index contributed by atoms with van der Waals surface area (Å²) in [5, 5.41) is 3.21. The van der Waals surface area contributed by atoms with Crippen LogP contribution in [0.5, 0.6) is 11.5 Å². The Morgan fingerprint density at radius 2 is 2.15 bits per heavy atom. The summed E-state index contributed by atoms with van der Waals surface area (Å²) in [7, 11) is 0. The molecule has 4 rings (SSSR count). The maximum atomic E-state index is 11.9. The Kier molecular flexibility index (Phi) is 2.37. The van der Waals surface area contributed by atoms with E-state index >= 15 is 0 Å². The van der Waals surface area contributed by atoms with E-state index in [1.165, 1.54) is 5.57 Å². The van der Waals surface area contributed by atoms with Gasteiger partial charge in [0.25, 0.3) is 0 Å². The van der Waals surface area contributed by atoms with Crippen molar-refractivity contribution in [1.82, 2.24) is 5.32 Å². The van der Waals surface area contributed by atoms with Gasteiger partial charge >= 0.3 is 0 Å². The molecule has 0 aromatic heterocycles. The van der Waals surface area contributed by atoms with Gasteiger partial charge in [0.15, 0.2) is 11.5 Å². The summed E-state index contributed by atoms with van der Waals surface area (Å²) in [4.78, 5) is 11.9. The second kappa shape index (κ2) is 4.01. The summed E-state index contributed by atoms with van der Waals surface area (Å²) in [5.74, 6) is 2.04. The predicted molar refractivity (Wildman–Crippen MR) is 73.5 cm³/mol. The molecule has 0 unspecified atom stereocenters. The monoisotopic (exact) mass is 271 g/mol. The quantitative estimate of drug-likeness (QED) is 0.798. The molecule has 2 fully saturated rings. The number of ether oxygens (including phenoxy) is 2. The zero-order chi connectivity index (χ0) is 13.7. The van der Waals surface area contributed by atoms with Crippen molar-refractivity contribution in [3.05, 3.63) is 35.9 Å². The van der Waals surface area contributed by atoms with Gasteiger partial charge in [0.2, 0.25) is 12.7 Å². The Labute approximate surface area is 117 Å². The minimum absolute atomic E-state index is 0.141. The normalized spacial score (nSPS) is 31.1. The fourth-order valence-corrected chi connectivity index (χ4v) is 3.78. The van der Waals surface area contributed by atoms with E-state index in [-0.39, 0.29) is 18.2 Å². The van der Waals surface area contributed by atoms with Crippen LogP contribution in [0.2, 0.25) is 0 Å². The minimum Gasteiger partial charge on any atom is -0.454 e. The number of benzene rings is 1. The lowest BCUT2D eigenvalue weighted by Gasteiger charge is -2.40. The molecule has 4 nitrogen and oxygen atoms in total. The Morgan fingerprint density at radius 1 is 1.30 bits per heavy atom. The molecule has 1 aromatic carbocycles. The molecule has 1 saturated carbocycles. The molecular weight excluding hydrogens is 254 g/mol. The summed E-state index contributed by atoms with van der Waals surface area (Å²) >= 11 is 0. The third kappa shape index (κ3) is 1.57. The summed E-state index contributed by atoms with van der Waals surface area (Å²) in [5.41, 5.74) is 2.02. The molecule has 3 aliphatic rings. The highest BCUT2D eigenvalue weighted by Gasteiger charge is 2.50. The van der Waals surface area contributed by atoms with Crippen molar-refractivity contribution in [2.75, 3.05) is 6.79 Å². The van der Waals surface area contributed by atoms with Crippen molar-refractivity contribution in [3.63, 3.8) is 0 Å². The van der Waals surface area contributed by atoms with Gasteiger partial charge in [-0.3, -0.25) is 4.79 Å². The van der Waals surface area contributed by atoms with Gasteiger partial charge < -0.3 is 14.8 Å². The van der Waals surface area contributed by atoms with E-state index in [4.69, 9.17) is 9.47 Å². The standard InChI is InChI=1S/C16H17NO3/c1-10-2-3-12-7-15(18)17-16(12,8-10)11-4-5-13-14(6-11)20-9-19-13/h4-6,12H,1-3,7-9H2,(H,17,18)/t12-,16+/m1/s1. The van der Waals surface area contributed by atoms with Crippen LogP contribution in [0.25, 0.3) is 0 Å². The lowest BCUT2D eigenvalue weighted by molar-refractivity contribution is -0.119. The smallest absolute Gasteiger partial charge is 0.231 e. The molecule has 1 saturated heterocycles. The van der Waals surface area contributed by atoms with Crippen LogP contribution in [0, 0.1) is 5.92 Å². The molecule has 1 aromatic rings. The van der Waals surface area contributed by atoms with Crippen LogP contribution in [-0.4, -0.2) is 12.7 Å². The molecule has 0 bridgehead atoms. The lowest BCUT2D eigenvalue weighted by atomic mass is 9.68. The Balaban J connectivity index is 1.80. The van der Waals surface area contributed by atoms with Crippen LogP contribution in [0.1, 0.15) is 31.2 Å². The molecule has 2 aliphatic heterocycles. The predicted octanol–water partition coefficient (Wildman–Crippen LogP) is 2.49. The van der Waals surface area contributed by atoms with Gasteiger partial charge in [-0.05, 0) is 42.9 Å². The van der Waals surface area contributed by atoms with Crippen LogP contribution >= 0.6 is 0 Å². The van der Waals surface area contributed by atoms with Crippen molar-refractivity contribution in [1.29, 1.82) is 0 Å². The van der Waals surface area contributed by atoms with Gasteiger partial charge in [0.05, 0.1) is 5.54 Å². The number of rotatable bonds is 1. The van der Waals surface area contributed by atoms with Crippen LogP contribution in [0.15, 0.2) is 30.4 Å². The van der Waals surface area contributed by atoms with Gasteiger partial charge in [-0.15, -0.1) is 0 Å². The van der Waals surface area contributed by atoms with Crippen LogP contribution in [0.3, 0.4) is 0 Å². The first kappa shape index (κ1) is 11.8. The highest BCUT2D eigenvalue weighted by Crippen LogP contribution is 2.49. The summed E-state index contributed by atoms with van der Waals surface area (Å²) in [6.45, 7) is 4.41. The molecular formula is C16H17NO3. The van der Waals surface area contributed by atoms with Crippen molar-refractivity contribution in [2.45, 2.75) is 31.2 Å². The molecule has 1 N–H and O–H groups in total. The number of nitrogens with one attached hydrogen (secondary N) is 1. The number of hydrogen-bond donors (Lipinski definition) is 1. The summed E-state index contributed by atoms with van der Waals surface area (Å²) < 4.78 is 10.8. The Hall–Kier alpha value is -1.97. The van der Waals surface area contributed by atoms with E-state index in [2.05, 4.69) is 11.9 Å². The first-order chi connectivity index (χ1) is 9.67. The van der Waals surface area contributed by atoms with Crippen molar-refractivity contribution in [2.24, 2.45) is 5.92 Å². The maximum Gasteiger partial charge on any atom is 0.231 e. The first-order valence-corrected chi connectivity index (χ1v) is 7.05. The van der Waals surface area contributed by atoms with Gasteiger partial charge in [0.1, 0.15) is 0 Å². The molecule has 0 spiro atoms. The fourth-order valence-electron chi connectivity index (χ4n) is 3.78. The van der Waals surface area contributed by atoms with Gasteiger partial charge in [-0.25, -0.2) is 0 Å². The van der Waals surface area contributed by atoms with E-state index < -0.39 is 0 Å². The molecule has 2 heterocycles. The van der Waals surface area contributed by atoms with Gasteiger partial charge in [-0.1, -0.05) is 18.2 Å². The fraction of sp³-hybridized carbons (Fsp3) is 0.438. The molecule has 4 heteroatoms. The number of carbonyl (C=O) groups excluding carboxylic acids is 1. The zero-order valence-electron chi connectivity index (χ0n) is 11.3. The molecule has 104 valence electrons.